The second-order valence-corrected chi connectivity index (χ2v) is 7.35. The molecule has 1 heterocycles. The van der Waals surface area contributed by atoms with Gasteiger partial charge >= 0.3 is 6.18 Å². The maximum Gasteiger partial charge on any atom is 0.416 e. The number of amides is 1. The summed E-state index contributed by atoms with van der Waals surface area (Å²) < 4.78 is 45.3. The van der Waals surface area contributed by atoms with Crippen LogP contribution in [-0.2, 0) is 22.3 Å². The Labute approximate surface area is 159 Å². The first kappa shape index (κ1) is 20.3. The normalized spacial score (nSPS) is 19.7. The van der Waals surface area contributed by atoms with Crippen molar-refractivity contribution in [1.29, 1.82) is 0 Å². The summed E-state index contributed by atoms with van der Waals surface area (Å²) in [5, 5.41) is 7.29. The van der Waals surface area contributed by atoms with Gasteiger partial charge in [0.1, 0.15) is 6.54 Å². The molecule has 0 unspecified atom stereocenters. The summed E-state index contributed by atoms with van der Waals surface area (Å²) in [6.07, 6.45) is -2.97. The molecule has 1 fully saturated rings. The highest BCUT2D eigenvalue weighted by Crippen LogP contribution is 2.32. The van der Waals surface area contributed by atoms with Crippen LogP contribution in [0.3, 0.4) is 0 Å². The van der Waals surface area contributed by atoms with Crippen LogP contribution in [0.2, 0.25) is 0 Å². The predicted octanol–water partition coefficient (Wildman–Crippen LogP) is 2.83. The summed E-state index contributed by atoms with van der Waals surface area (Å²) >= 11 is 0. The van der Waals surface area contributed by atoms with E-state index in [4.69, 9.17) is 4.74 Å². The molecule has 152 valence electrons. The fraction of sp³-hybridized carbons (Fsp3) is 0.526. The number of nitrogens with one attached hydrogen (secondary N) is 1. The second kappa shape index (κ2) is 7.54. The lowest BCUT2D eigenvalue weighted by molar-refractivity contribution is -0.137. The Morgan fingerprint density at radius 3 is 2.57 bits per heavy atom. The fourth-order valence-corrected chi connectivity index (χ4v) is 3.31. The minimum atomic E-state index is -4.51. The number of benzene rings is 1. The van der Waals surface area contributed by atoms with E-state index in [0.29, 0.717) is 18.5 Å². The van der Waals surface area contributed by atoms with Gasteiger partial charge in [-0.15, -0.1) is 0 Å². The Morgan fingerprint density at radius 2 is 2.00 bits per heavy atom. The van der Waals surface area contributed by atoms with Gasteiger partial charge < -0.3 is 10.1 Å². The Balaban J connectivity index is 1.92. The van der Waals surface area contributed by atoms with Gasteiger partial charge in [-0.1, -0.05) is 13.8 Å². The molecule has 6 nitrogen and oxygen atoms in total. The van der Waals surface area contributed by atoms with E-state index in [1.54, 1.807) is 21.0 Å². The van der Waals surface area contributed by atoms with Crippen LogP contribution in [0, 0.1) is 0 Å². The number of ether oxygens (including phenoxy) is 1. The van der Waals surface area contributed by atoms with E-state index >= 15 is 0 Å². The molecular weight excluding hydrogens is 375 g/mol. The quantitative estimate of drug-likeness (QED) is 0.842. The number of fused-ring (bicyclic) bond motifs is 1. The minimum absolute atomic E-state index is 0.00692. The topological polar surface area (TPSA) is 73.2 Å². The van der Waals surface area contributed by atoms with Crippen molar-refractivity contribution < 1.29 is 22.7 Å². The molecular formula is C19H22F3N3O3. The number of carbonyl (C=O) groups excluding carboxylic acids is 1. The van der Waals surface area contributed by atoms with E-state index < -0.39 is 17.3 Å². The van der Waals surface area contributed by atoms with E-state index in [9.17, 15) is 22.8 Å². The van der Waals surface area contributed by atoms with Gasteiger partial charge in [-0.2, -0.15) is 18.3 Å². The standard InChI is InChI=1S/C19H22F3N3O3/c1-10(2)17-15-6-11(19(20,21)22)4-5-14(15)18(27)25(24-17)9-16(26)23-12-7-13(8-12)28-3/h4-6,10,12-13H,7-9H2,1-3H3,(H,23,26). The molecule has 1 aliphatic rings. The zero-order valence-electron chi connectivity index (χ0n) is 15.8. The molecule has 28 heavy (non-hydrogen) atoms. The van der Waals surface area contributed by atoms with E-state index in [2.05, 4.69) is 10.4 Å². The summed E-state index contributed by atoms with van der Waals surface area (Å²) in [5.74, 6) is -0.592. The third-order valence-electron chi connectivity index (χ3n) is 4.95. The summed E-state index contributed by atoms with van der Waals surface area (Å²) in [7, 11) is 1.61. The number of halogens is 3. The summed E-state index contributed by atoms with van der Waals surface area (Å²) in [5.41, 5.74) is -1.08. The number of hydrogen-bond acceptors (Lipinski definition) is 4. The molecule has 0 aliphatic heterocycles. The molecule has 3 rings (SSSR count). The van der Waals surface area contributed by atoms with E-state index in [1.165, 1.54) is 0 Å². The number of nitrogens with zero attached hydrogens (tertiary/aromatic N) is 2. The molecule has 0 atom stereocenters. The van der Waals surface area contributed by atoms with Crippen molar-refractivity contribution in [2.24, 2.45) is 0 Å². The molecule has 1 N–H and O–H groups in total. The van der Waals surface area contributed by atoms with Crippen LogP contribution in [0.5, 0.6) is 0 Å². The summed E-state index contributed by atoms with van der Waals surface area (Å²) in [6, 6.07) is 2.96. The average Bonchev–Trinajstić information content (AvgIpc) is 2.58. The van der Waals surface area contributed by atoms with Crippen molar-refractivity contribution in [1.82, 2.24) is 15.1 Å². The Kier molecular flexibility index (Phi) is 5.47. The first-order chi connectivity index (χ1) is 13.1. The van der Waals surface area contributed by atoms with Crippen LogP contribution >= 0.6 is 0 Å². The molecule has 1 aromatic heterocycles. The van der Waals surface area contributed by atoms with Gasteiger partial charge in [0.25, 0.3) is 5.56 Å². The SMILES string of the molecule is COC1CC(NC(=O)Cn2nc(C(C)C)c3cc(C(F)(F)F)ccc3c2=O)C1. The average molecular weight is 397 g/mol. The molecule has 0 radical (unpaired) electrons. The monoisotopic (exact) mass is 397 g/mol. The largest absolute Gasteiger partial charge is 0.416 e. The third kappa shape index (κ3) is 4.04. The Bertz CT molecular complexity index is 947. The highest BCUT2D eigenvalue weighted by molar-refractivity contribution is 5.85. The molecule has 0 saturated heterocycles. The number of alkyl halides is 3. The number of carbonyl (C=O) groups is 1. The van der Waals surface area contributed by atoms with Crippen LogP contribution in [0.4, 0.5) is 13.2 Å². The van der Waals surface area contributed by atoms with Crippen molar-refractivity contribution in [3.05, 3.63) is 39.8 Å². The Morgan fingerprint density at radius 1 is 1.32 bits per heavy atom. The maximum absolute atomic E-state index is 13.0. The number of rotatable bonds is 5. The zero-order chi connectivity index (χ0) is 20.6. The summed E-state index contributed by atoms with van der Waals surface area (Å²) in [6.45, 7) is 3.26. The smallest absolute Gasteiger partial charge is 0.381 e. The third-order valence-corrected chi connectivity index (χ3v) is 4.95. The highest BCUT2D eigenvalue weighted by Gasteiger charge is 2.32. The van der Waals surface area contributed by atoms with Crippen molar-refractivity contribution in [2.75, 3.05) is 7.11 Å². The van der Waals surface area contributed by atoms with Gasteiger partial charge in [-0.25, -0.2) is 4.68 Å². The van der Waals surface area contributed by atoms with Crippen LogP contribution in [0.15, 0.2) is 23.0 Å². The van der Waals surface area contributed by atoms with Crippen molar-refractivity contribution in [3.8, 4) is 0 Å². The van der Waals surface area contributed by atoms with Gasteiger partial charge in [0.05, 0.1) is 22.7 Å². The molecule has 1 amide bonds. The van der Waals surface area contributed by atoms with Crippen LogP contribution < -0.4 is 10.9 Å². The minimum Gasteiger partial charge on any atom is -0.381 e. The number of methoxy groups -OCH3 is 1. The molecule has 0 bridgehead atoms. The zero-order valence-corrected chi connectivity index (χ0v) is 15.8. The maximum atomic E-state index is 13.0. The van der Waals surface area contributed by atoms with Crippen LogP contribution in [-0.4, -0.2) is 34.9 Å². The Hall–Kier alpha value is -2.42. The highest BCUT2D eigenvalue weighted by atomic mass is 19.4. The lowest BCUT2D eigenvalue weighted by atomic mass is 9.89. The molecule has 9 heteroatoms. The van der Waals surface area contributed by atoms with Crippen molar-refractivity contribution in [3.63, 3.8) is 0 Å². The number of hydrogen-bond donors (Lipinski definition) is 1. The van der Waals surface area contributed by atoms with Crippen LogP contribution in [0.25, 0.3) is 10.8 Å². The van der Waals surface area contributed by atoms with Gasteiger partial charge in [0, 0.05) is 18.5 Å². The number of aromatic nitrogens is 2. The van der Waals surface area contributed by atoms with Gasteiger partial charge in [-0.3, -0.25) is 9.59 Å². The van der Waals surface area contributed by atoms with E-state index in [-0.39, 0.29) is 41.3 Å². The second-order valence-electron chi connectivity index (χ2n) is 7.35. The molecule has 1 aromatic carbocycles. The summed E-state index contributed by atoms with van der Waals surface area (Å²) in [4.78, 5) is 25.0. The predicted molar refractivity (Wildman–Crippen MR) is 97.1 cm³/mol. The lowest BCUT2D eigenvalue weighted by Gasteiger charge is -2.34. The first-order valence-electron chi connectivity index (χ1n) is 9.04. The molecule has 1 saturated carbocycles. The molecule has 1 aliphatic carbocycles. The van der Waals surface area contributed by atoms with E-state index in [1.807, 2.05) is 0 Å². The molecule has 0 spiro atoms. The van der Waals surface area contributed by atoms with E-state index in [0.717, 1.165) is 22.9 Å². The van der Waals surface area contributed by atoms with Crippen LogP contribution in [0.1, 0.15) is 43.9 Å². The lowest BCUT2D eigenvalue weighted by Crippen LogP contribution is -2.49. The van der Waals surface area contributed by atoms with Gasteiger partial charge in [0.15, 0.2) is 0 Å². The van der Waals surface area contributed by atoms with Gasteiger partial charge in [0.2, 0.25) is 5.91 Å². The fourth-order valence-electron chi connectivity index (χ4n) is 3.31. The van der Waals surface area contributed by atoms with Crippen molar-refractivity contribution in [2.45, 2.75) is 57.5 Å². The van der Waals surface area contributed by atoms with Crippen molar-refractivity contribution >= 4 is 16.7 Å². The molecule has 2 aromatic rings. The first-order valence-corrected chi connectivity index (χ1v) is 9.04. The van der Waals surface area contributed by atoms with Gasteiger partial charge in [-0.05, 0) is 37.0 Å².